The number of carbonyl (C=O) groups is 1. The third-order valence-corrected chi connectivity index (χ3v) is 2.15. The standard InChI is InChI=1S/C10H8N2O4/c1-16-6-2-3-12-8(4-6)11-5-7(9(12)13)10(14)15/h2-5H,1H3,(H,14,15). The number of carboxylic acids is 1. The Kier molecular flexibility index (Phi) is 2.32. The van der Waals surface area contributed by atoms with Gasteiger partial charge in [0.15, 0.2) is 0 Å². The first-order chi connectivity index (χ1) is 7.63. The van der Waals surface area contributed by atoms with Crippen LogP contribution in [-0.2, 0) is 0 Å². The monoisotopic (exact) mass is 220 g/mol. The summed E-state index contributed by atoms with van der Waals surface area (Å²) in [5.74, 6) is -0.738. The van der Waals surface area contributed by atoms with Gasteiger partial charge in [0.2, 0.25) is 0 Å². The SMILES string of the molecule is COc1ccn2c(=O)c(C(=O)O)cnc2c1. The van der Waals surface area contributed by atoms with Gasteiger partial charge >= 0.3 is 5.97 Å². The smallest absolute Gasteiger partial charge is 0.342 e. The van der Waals surface area contributed by atoms with Crippen LogP contribution in [0.1, 0.15) is 10.4 Å². The largest absolute Gasteiger partial charge is 0.497 e. The van der Waals surface area contributed by atoms with Crippen molar-refractivity contribution in [3.63, 3.8) is 0 Å². The molecule has 2 aromatic heterocycles. The Bertz CT molecular complexity index is 618. The van der Waals surface area contributed by atoms with Crippen molar-refractivity contribution in [2.75, 3.05) is 7.11 Å². The molecule has 2 rings (SSSR count). The van der Waals surface area contributed by atoms with E-state index in [0.717, 1.165) is 10.6 Å². The molecule has 0 spiro atoms. The molecule has 2 aromatic rings. The van der Waals surface area contributed by atoms with E-state index in [1.165, 1.54) is 13.3 Å². The van der Waals surface area contributed by atoms with Crippen LogP contribution in [0.4, 0.5) is 0 Å². The number of pyridine rings is 1. The minimum absolute atomic E-state index is 0.342. The molecule has 0 aliphatic heterocycles. The van der Waals surface area contributed by atoms with Crippen molar-refractivity contribution in [1.29, 1.82) is 0 Å². The molecular formula is C10H8N2O4. The normalized spacial score (nSPS) is 10.3. The molecule has 0 aromatic carbocycles. The van der Waals surface area contributed by atoms with Gasteiger partial charge in [-0.15, -0.1) is 0 Å². The van der Waals surface area contributed by atoms with E-state index in [4.69, 9.17) is 9.84 Å². The lowest BCUT2D eigenvalue weighted by molar-refractivity contribution is 0.0694. The first kappa shape index (κ1) is 10.2. The summed E-state index contributed by atoms with van der Waals surface area (Å²) in [6.07, 6.45) is 2.47. The van der Waals surface area contributed by atoms with Gasteiger partial charge in [-0.1, -0.05) is 0 Å². The second-order valence-corrected chi connectivity index (χ2v) is 3.08. The fraction of sp³-hybridized carbons (Fsp3) is 0.100. The highest BCUT2D eigenvalue weighted by atomic mass is 16.5. The minimum Gasteiger partial charge on any atom is -0.497 e. The summed E-state index contributed by atoms with van der Waals surface area (Å²) in [6.45, 7) is 0. The van der Waals surface area contributed by atoms with E-state index < -0.39 is 11.5 Å². The number of methoxy groups -OCH3 is 1. The molecule has 0 bridgehead atoms. The average molecular weight is 220 g/mol. The van der Waals surface area contributed by atoms with Gasteiger partial charge in [-0.05, 0) is 6.07 Å². The number of aromatic carboxylic acids is 1. The lowest BCUT2D eigenvalue weighted by atomic mass is 10.3. The molecule has 6 heteroatoms. The van der Waals surface area contributed by atoms with Crippen molar-refractivity contribution in [1.82, 2.24) is 9.38 Å². The zero-order valence-corrected chi connectivity index (χ0v) is 8.38. The van der Waals surface area contributed by atoms with Crippen LogP contribution >= 0.6 is 0 Å². The Morgan fingerprint density at radius 3 is 2.94 bits per heavy atom. The van der Waals surface area contributed by atoms with Gasteiger partial charge in [0.05, 0.1) is 7.11 Å². The zero-order chi connectivity index (χ0) is 11.7. The molecule has 0 atom stereocenters. The molecule has 0 fully saturated rings. The molecule has 0 aliphatic rings. The van der Waals surface area contributed by atoms with Crippen LogP contribution in [0.3, 0.4) is 0 Å². The van der Waals surface area contributed by atoms with E-state index in [2.05, 4.69) is 4.98 Å². The van der Waals surface area contributed by atoms with E-state index >= 15 is 0 Å². The zero-order valence-electron chi connectivity index (χ0n) is 8.38. The van der Waals surface area contributed by atoms with Crippen molar-refractivity contribution in [2.24, 2.45) is 0 Å². The van der Waals surface area contributed by atoms with E-state index in [0.29, 0.717) is 11.4 Å². The Hall–Kier alpha value is -2.37. The molecule has 0 radical (unpaired) electrons. The highest BCUT2D eigenvalue weighted by Gasteiger charge is 2.11. The molecule has 0 aliphatic carbocycles. The van der Waals surface area contributed by atoms with Gasteiger partial charge in [0.25, 0.3) is 5.56 Å². The first-order valence-electron chi connectivity index (χ1n) is 4.42. The highest BCUT2D eigenvalue weighted by Crippen LogP contribution is 2.10. The third-order valence-electron chi connectivity index (χ3n) is 2.15. The van der Waals surface area contributed by atoms with E-state index in [9.17, 15) is 9.59 Å². The molecule has 0 unspecified atom stereocenters. The fourth-order valence-corrected chi connectivity index (χ4v) is 1.33. The van der Waals surface area contributed by atoms with Gasteiger partial charge in [-0.2, -0.15) is 0 Å². The lowest BCUT2D eigenvalue weighted by Gasteiger charge is -2.03. The Morgan fingerprint density at radius 2 is 2.31 bits per heavy atom. The molecule has 2 heterocycles. The summed E-state index contributed by atoms with van der Waals surface area (Å²) < 4.78 is 6.13. The first-order valence-corrected chi connectivity index (χ1v) is 4.42. The number of aromatic nitrogens is 2. The predicted octanol–water partition coefficient (Wildman–Crippen LogP) is 0.401. The average Bonchev–Trinajstić information content (AvgIpc) is 2.28. The minimum atomic E-state index is -1.29. The fourth-order valence-electron chi connectivity index (χ4n) is 1.33. The second-order valence-electron chi connectivity index (χ2n) is 3.08. The topological polar surface area (TPSA) is 80.9 Å². The summed E-state index contributed by atoms with van der Waals surface area (Å²) in [5, 5.41) is 8.75. The van der Waals surface area contributed by atoms with Crippen LogP contribution in [0.15, 0.2) is 29.3 Å². The number of fused-ring (bicyclic) bond motifs is 1. The van der Waals surface area contributed by atoms with Crippen molar-refractivity contribution >= 4 is 11.6 Å². The van der Waals surface area contributed by atoms with Crippen LogP contribution in [0, 0.1) is 0 Å². The van der Waals surface area contributed by atoms with Crippen molar-refractivity contribution in [2.45, 2.75) is 0 Å². The summed E-state index contributed by atoms with van der Waals surface area (Å²) in [5.41, 5.74) is -0.628. The van der Waals surface area contributed by atoms with E-state index in [1.807, 2.05) is 0 Å². The number of ether oxygens (including phenoxy) is 1. The van der Waals surface area contributed by atoms with Gasteiger partial charge in [-0.25, -0.2) is 9.78 Å². The van der Waals surface area contributed by atoms with Gasteiger partial charge in [-0.3, -0.25) is 9.20 Å². The Labute approximate surface area is 89.7 Å². The van der Waals surface area contributed by atoms with Crippen LogP contribution in [0.2, 0.25) is 0 Å². The maximum absolute atomic E-state index is 11.7. The molecule has 0 saturated heterocycles. The predicted molar refractivity (Wildman–Crippen MR) is 55.0 cm³/mol. The number of hydrogen-bond donors (Lipinski definition) is 1. The molecule has 1 N–H and O–H groups in total. The van der Waals surface area contributed by atoms with Crippen molar-refractivity contribution in [3.8, 4) is 5.75 Å². The highest BCUT2D eigenvalue weighted by molar-refractivity contribution is 5.86. The third kappa shape index (κ3) is 1.50. The molecule has 0 saturated carbocycles. The van der Waals surface area contributed by atoms with Gasteiger partial charge in [0.1, 0.15) is 17.0 Å². The van der Waals surface area contributed by atoms with Crippen LogP contribution in [0.5, 0.6) is 5.75 Å². The summed E-state index contributed by atoms with van der Waals surface area (Å²) in [4.78, 5) is 26.3. The van der Waals surface area contributed by atoms with Crippen LogP contribution in [-0.4, -0.2) is 27.6 Å². The quantitative estimate of drug-likeness (QED) is 0.792. The summed E-state index contributed by atoms with van der Waals surface area (Å²) in [6, 6.07) is 3.11. The van der Waals surface area contributed by atoms with Crippen molar-refractivity contribution in [3.05, 3.63) is 40.4 Å². The lowest BCUT2D eigenvalue weighted by Crippen LogP contribution is -2.22. The Balaban J connectivity index is 2.77. The number of hydrogen-bond acceptors (Lipinski definition) is 4. The maximum atomic E-state index is 11.7. The van der Waals surface area contributed by atoms with Gasteiger partial charge < -0.3 is 9.84 Å². The second kappa shape index (κ2) is 3.65. The molecular weight excluding hydrogens is 212 g/mol. The van der Waals surface area contributed by atoms with Crippen molar-refractivity contribution < 1.29 is 14.6 Å². The molecule has 6 nitrogen and oxygen atoms in total. The van der Waals surface area contributed by atoms with Crippen LogP contribution in [0.25, 0.3) is 5.65 Å². The summed E-state index contributed by atoms with van der Waals surface area (Å²) >= 11 is 0. The van der Waals surface area contributed by atoms with E-state index in [1.54, 1.807) is 12.1 Å². The van der Waals surface area contributed by atoms with Gasteiger partial charge in [0, 0.05) is 18.5 Å². The Morgan fingerprint density at radius 1 is 1.56 bits per heavy atom. The molecule has 16 heavy (non-hydrogen) atoms. The number of nitrogens with zero attached hydrogens (tertiary/aromatic N) is 2. The number of carboxylic acid groups (broad SMARTS) is 1. The number of rotatable bonds is 2. The van der Waals surface area contributed by atoms with Crippen LogP contribution < -0.4 is 10.3 Å². The molecule has 82 valence electrons. The van der Waals surface area contributed by atoms with E-state index in [-0.39, 0.29) is 5.56 Å². The maximum Gasteiger partial charge on any atom is 0.342 e. The summed E-state index contributed by atoms with van der Waals surface area (Å²) in [7, 11) is 1.50. The molecule has 0 amide bonds.